The van der Waals surface area contributed by atoms with Crippen LogP contribution < -0.4 is 11.1 Å². The van der Waals surface area contributed by atoms with Gasteiger partial charge < -0.3 is 16.2 Å². The molecular formula is C21H26F3N3O2. The van der Waals surface area contributed by atoms with Crippen LogP contribution in [0.1, 0.15) is 48.0 Å². The van der Waals surface area contributed by atoms with E-state index in [-0.39, 0.29) is 24.3 Å². The smallest absolute Gasteiger partial charge is 0.391 e. The van der Waals surface area contributed by atoms with Crippen LogP contribution in [0.25, 0.3) is 0 Å². The number of aromatic nitrogens is 1. The van der Waals surface area contributed by atoms with Gasteiger partial charge in [0.1, 0.15) is 0 Å². The Balaban J connectivity index is 2.16. The molecule has 1 heterocycles. The third kappa shape index (κ3) is 6.54. The number of hydrogen-bond acceptors (Lipinski definition) is 4. The Labute approximate surface area is 168 Å². The average Bonchev–Trinajstić information content (AvgIpc) is 2.60. The number of benzene rings is 1. The van der Waals surface area contributed by atoms with Gasteiger partial charge in [0.25, 0.3) is 5.91 Å². The van der Waals surface area contributed by atoms with E-state index in [0.29, 0.717) is 11.3 Å². The topological polar surface area (TPSA) is 88.2 Å². The van der Waals surface area contributed by atoms with Crippen LogP contribution >= 0.6 is 0 Å². The van der Waals surface area contributed by atoms with Crippen LogP contribution in [0, 0.1) is 0 Å². The minimum absolute atomic E-state index is 0.0123. The molecule has 0 bridgehead atoms. The summed E-state index contributed by atoms with van der Waals surface area (Å²) in [5.74, 6) is -0.344. The summed E-state index contributed by atoms with van der Waals surface area (Å²) in [4.78, 5) is 16.6. The normalized spacial score (nSPS) is 14.3. The summed E-state index contributed by atoms with van der Waals surface area (Å²) in [5.41, 5.74) is 5.40. The molecule has 0 radical (unpaired) electrons. The first-order valence-corrected chi connectivity index (χ1v) is 9.23. The van der Waals surface area contributed by atoms with Gasteiger partial charge in [0, 0.05) is 24.2 Å². The van der Waals surface area contributed by atoms with Gasteiger partial charge >= 0.3 is 6.18 Å². The van der Waals surface area contributed by atoms with Crippen LogP contribution in [-0.4, -0.2) is 33.7 Å². The summed E-state index contributed by atoms with van der Waals surface area (Å²) in [7, 11) is 0. The molecule has 0 fully saturated rings. The number of nitrogens with one attached hydrogen (secondary N) is 1. The number of aliphatic hydroxyl groups is 1. The Bertz CT molecular complexity index is 848. The van der Waals surface area contributed by atoms with Gasteiger partial charge in [0.05, 0.1) is 22.9 Å². The van der Waals surface area contributed by atoms with Crippen molar-refractivity contribution in [3.05, 3.63) is 65.0 Å². The zero-order valence-corrected chi connectivity index (χ0v) is 16.6. The van der Waals surface area contributed by atoms with E-state index >= 15 is 0 Å². The number of carbonyl (C=O) groups excluding carboxylic acids is 1. The largest absolute Gasteiger partial charge is 0.416 e. The van der Waals surface area contributed by atoms with Gasteiger partial charge in [-0.15, -0.1) is 0 Å². The van der Waals surface area contributed by atoms with E-state index in [1.54, 1.807) is 12.1 Å². The fraction of sp³-hybridized carbons (Fsp3) is 0.429. The number of aliphatic hydroxyl groups excluding tert-OH is 1. The van der Waals surface area contributed by atoms with Crippen LogP contribution in [-0.2, 0) is 19.0 Å². The van der Waals surface area contributed by atoms with E-state index in [1.807, 2.05) is 20.8 Å². The average molecular weight is 409 g/mol. The highest BCUT2D eigenvalue weighted by Crippen LogP contribution is 2.32. The minimum Gasteiger partial charge on any atom is -0.391 e. The maximum atomic E-state index is 13.2. The summed E-state index contributed by atoms with van der Waals surface area (Å²) in [6.07, 6.45) is -4.40. The van der Waals surface area contributed by atoms with Crippen LogP contribution in [0.2, 0.25) is 0 Å². The predicted molar refractivity (Wildman–Crippen MR) is 104 cm³/mol. The molecule has 8 heteroatoms. The number of pyridine rings is 1. The van der Waals surface area contributed by atoms with E-state index in [0.717, 1.165) is 6.07 Å². The summed E-state index contributed by atoms with van der Waals surface area (Å²) in [6.45, 7) is 5.51. The highest BCUT2D eigenvalue weighted by atomic mass is 19.4. The van der Waals surface area contributed by atoms with Crippen molar-refractivity contribution in [3.63, 3.8) is 0 Å². The standard InChI is InChI=1S/C21H26F3N3O2/c1-20(2,3)27-19(29)14-8-6-10-26-17(14)12-18(28)16(25)11-13-7-4-5-9-15(13)21(22,23)24/h4-10,16,18,28H,11-12,25H2,1-3H3,(H,27,29)/t16-,18+/m1/s1. The molecule has 158 valence electrons. The molecular weight excluding hydrogens is 383 g/mol. The van der Waals surface area contributed by atoms with Crippen molar-refractivity contribution in [2.24, 2.45) is 5.73 Å². The number of hydrogen-bond donors (Lipinski definition) is 3. The Kier molecular flexibility index (Phi) is 7.02. The van der Waals surface area contributed by atoms with E-state index in [9.17, 15) is 23.1 Å². The number of rotatable bonds is 6. The number of nitrogens with zero attached hydrogens (tertiary/aromatic N) is 1. The predicted octanol–water partition coefficient (Wildman–Crippen LogP) is 3.10. The molecule has 0 saturated heterocycles. The monoisotopic (exact) mass is 409 g/mol. The highest BCUT2D eigenvalue weighted by Gasteiger charge is 2.33. The van der Waals surface area contributed by atoms with Gasteiger partial charge in [-0.25, -0.2) is 0 Å². The molecule has 5 nitrogen and oxygen atoms in total. The van der Waals surface area contributed by atoms with Crippen molar-refractivity contribution in [2.75, 3.05) is 0 Å². The summed E-state index contributed by atoms with van der Waals surface area (Å²) < 4.78 is 39.5. The molecule has 1 aromatic carbocycles. The van der Waals surface area contributed by atoms with Crippen LogP contribution in [0.5, 0.6) is 0 Å². The second-order valence-electron chi connectivity index (χ2n) is 8.00. The van der Waals surface area contributed by atoms with Crippen LogP contribution in [0.15, 0.2) is 42.6 Å². The second kappa shape index (κ2) is 8.92. The first kappa shape index (κ1) is 22.8. The molecule has 2 atom stereocenters. The Hall–Kier alpha value is -2.45. The maximum Gasteiger partial charge on any atom is 0.416 e. The number of nitrogens with two attached hydrogens (primary N) is 1. The van der Waals surface area contributed by atoms with Gasteiger partial charge in [0.2, 0.25) is 0 Å². The van der Waals surface area contributed by atoms with Crippen molar-refractivity contribution < 1.29 is 23.1 Å². The van der Waals surface area contributed by atoms with E-state index < -0.39 is 29.4 Å². The molecule has 0 spiro atoms. The molecule has 2 rings (SSSR count). The molecule has 29 heavy (non-hydrogen) atoms. The molecule has 1 aromatic heterocycles. The Morgan fingerprint density at radius 3 is 2.41 bits per heavy atom. The van der Waals surface area contributed by atoms with Gasteiger partial charge in [-0.1, -0.05) is 18.2 Å². The number of carbonyl (C=O) groups is 1. The molecule has 1 amide bonds. The van der Waals surface area contributed by atoms with E-state index in [2.05, 4.69) is 10.3 Å². The Morgan fingerprint density at radius 1 is 1.14 bits per heavy atom. The number of halogens is 3. The first-order chi connectivity index (χ1) is 13.4. The molecule has 2 aromatic rings. The lowest BCUT2D eigenvalue weighted by Gasteiger charge is -2.23. The SMILES string of the molecule is CC(C)(C)NC(=O)c1cccnc1C[C@H](O)[C@H](N)Cc1ccccc1C(F)(F)F. The van der Waals surface area contributed by atoms with Gasteiger partial charge in [-0.3, -0.25) is 9.78 Å². The molecule has 0 aliphatic carbocycles. The zero-order valence-electron chi connectivity index (χ0n) is 16.6. The molecule has 0 saturated carbocycles. The van der Waals surface area contributed by atoms with Crippen LogP contribution in [0.3, 0.4) is 0 Å². The summed E-state index contributed by atoms with van der Waals surface area (Å²) >= 11 is 0. The lowest BCUT2D eigenvalue weighted by Crippen LogP contribution is -2.42. The third-order valence-electron chi connectivity index (χ3n) is 4.30. The third-order valence-corrected chi connectivity index (χ3v) is 4.30. The Morgan fingerprint density at radius 2 is 1.79 bits per heavy atom. The van der Waals surface area contributed by atoms with Crippen molar-refractivity contribution >= 4 is 5.91 Å². The molecule has 4 N–H and O–H groups in total. The molecule has 0 aliphatic heterocycles. The van der Waals surface area contributed by atoms with Crippen LogP contribution in [0.4, 0.5) is 13.2 Å². The van der Waals surface area contributed by atoms with Gasteiger partial charge in [-0.2, -0.15) is 13.2 Å². The lowest BCUT2D eigenvalue weighted by atomic mass is 9.94. The zero-order chi connectivity index (χ0) is 21.8. The van der Waals surface area contributed by atoms with E-state index in [1.165, 1.54) is 24.4 Å². The van der Waals surface area contributed by atoms with Crippen molar-refractivity contribution in [3.8, 4) is 0 Å². The lowest BCUT2D eigenvalue weighted by molar-refractivity contribution is -0.138. The summed E-state index contributed by atoms with van der Waals surface area (Å²) in [5, 5.41) is 13.3. The fourth-order valence-corrected chi connectivity index (χ4v) is 2.93. The highest BCUT2D eigenvalue weighted by molar-refractivity contribution is 5.95. The second-order valence-corrected chi connectivity index (χ2v) is 8.00. The molecule has 0 unspecified atom stereocenters. The minimum atomic E-state index is -4.50. The quantitative estimate of drug-likeness (QED) is 0.684. The van der Waals surface area contributed by atoms with E-state index in [4.69, 9.17) is 5.73 Å². The van der Waals surface area contributed by atoms with Gasteiger partial charge in [0.15, 0.2) is 0 Å². The fourth-order valence-electron chi connectivity index (χ4n) is 2.93. The van der Waals surface area contributed by atoms with Crippen molar-refractivity contribution in [1.29, 1.82) is 0 Å². The van der Waals surface area contributed by atoms with Crippen molar-refractivity contribution in [2.45, 2.75) is 57.5 Å². The maximum absolute atomic E-state index is 13.2. The first-order valence-electron chi connectivity index (χ1n) is 9.23. The molecule has 0 aliphatic rings. The number of alkyl halides is 3. The number of amides is 1. The summed E-state index contributed by atoms with van der Waals surface area (Å²) in [6, 6.07) is 7.37. The van der Waals surface area contributed by atoms with Crippen molar-refractivity contribution in [1.82, 2.24) is 10.3 Å². The van der Waals surface area contributed by atoms with Gasteiger partial charge in [-0.05, 0) is 51.0 Å².